The topological polar surface area (TPSA) is 107 Å². The van der Waals surface area contributed by atoms with Gasteiger partial charge in [0.25, 0.3) is 0 Å². The monoisotopic (exact) mass is 273 g/mol. The number of benzene rings is 1. The minimum absolute atomic E-state index is 0.000940. The van der Waals surface area contributed by atoms with E-state index < -0.39 is 4.92 Å². The van der Waals surface area contributed by atoms with E-state index in [1.165, 1.54) is 0 Å². The maximum Gasteiger partial charge on any atom is 0.329 e. The van der Waals surface area contributed by atoms with Crippen LogP contribution in [-0.4, -0.2) is 14.9 Å². The number of nitrogens with zero attached hydrogens (tertiary/aromatic N) is 3. The van der Waals surface area contributed by atoms with Crippen molar-refractivity contribution in [3.8, 4) is 0 Å². The van der Waals surface area contributed by atoms with E-state index in [9.17, 15) is 10.1 Å². The zero-order chi connectivity index (χ0) is 14.5. The fourth-order valence-electron chi connectivity index (χ4n) is 1.90. The number of aromatic nitrogens is 2. The van der Waals surface area contributed by atoms with E-state index in [0.717, 1.165) is 18.2 Å². The normalized spacial score (nSPS) is 11.8. The summed E-state index contributed by atoms with van der Waals surface area (Å²) in [5, 5.41) is 14.0. The number of anilines is 2. The van der Waals surface area contributed by atoms with Gasteiger partial charge in [0.15, 0.2) is 0 Å². The summed E-state index contributed by atoms with van der Waals surface area (Å²) in [5.74, 6) is 0.138. The van der Waals surface area contributed by atoms with Gasteiger partial charge in [0.1, 0.15) is 6.20 Å². The molecule has 1 aromatic heterocycles. The van der Waals surface area contributed by atoms with Gasteiger partial charge in [-0.3, -0.25) is 10.1 Å². The van der Waals surface area contributed by atoms with E-state index in [-0.39, 0.29) is 23.5 Å². The first kappa shape index (κ1) is 13.7. The maximum atomic E-state index is 11.0. The van der Waals surface area contributed by atoms with Gasteiger partial charge in [-0.1, -0.05) is 37.3 Å². The Bertz CT molecular complexity index is 603. The van der Waals surface area contributed by atoms with E-state index in [1.54, 1.807) is 0 Å². The van der Waals surface area contributed by atoms with E-state index >= 15 is 0 Å². The minimum atomic E-state index is -0.528. The zero-order valence-electron chi connectivity index (χ0n) is 11.0. The summed E-state index contributed by atoms with van der Waals surface area (Å²) in [6.07, 6.45) is 1.87. The van der Waals surface area contributed by atoms with Crippen LogP contribution in [0, 0.1) is 10.1 Å². The lowest BCUT2D eigenvalue weighted by atomic mass is 10.0. The van der Waals surface area contributed by atoms with E-state index in [0.29, 0.717) is 0 Å². The summed E-state index contributed by atoms with van der Waals surface area (Å²) in [4.78, 5) is 18.0. The Kier molecular flexibility index (Phi) is 4.09. The summed E-state index contributed by atoms with van der Waals surface area (Å²) >= 11 is 0. The average molecular weight is 273 g/mol. The molecular formula is C13H15N5O2. The quantitative estimate of drug-likeness (QED) is 0.640. The Morgan fingerprint density at radius 1 is 1.40 bits per heavy atom. The summed E-state index contributed by atoms with van der Waals surface area (Å²) in [6.45, 7) is 1.99. The number of nitrogen functional groups attached to an aromatic ring is 1. The molecule has 0 aliphatic heterocycles. The summed E-state index contributed by atoms with van der Waals surface area (Å²) in [6, 6.07) is 9.59. The molecule has 2 aromatic rings. The van der Waals surface area contributed by atoms with Crippen LogP contribution in [0.1, 0.15) is 24.9 Å². The largest absolute Gasteiger partial charge is 0.368 e. The number of rotatable bonds is 5. The fraction of sp³-hybridized carbons (Fsp3) is 0.231. The van der Waals surface area contributed by atoms with Crippen LogP contribution in [0.4, 0.5) is 17.5 Å². The van der Waals surface area contributed by atoms with Gasteiger partial charge >= 0.3 is 5.69 Å². The highest BCUT2D eigenvalue weighted by atomic mass is 16.6. The third-order valence-corrected chi connectivity index (χ3v) is 2.91. The van der Waals surface area contributed by atoms with Gasteiger partial charge in [0, 0.05) is 0 Å². The minimum Gasteiger partial charge on any atom is -0.368 e. The van der Waals surface area contributed by atoms with Crippen molar-refractivity contribution in [2.45, 2.75) is 19.4 Å². The number of hydrogen-bond donors (Lipinski definition) is 2. The molecule has 0 amide bonds. The first-order chi connectivity index (χ1) is 9.61. The van der Waals surface area contributed by atoms with Crippen molar-refractivity contribution in [1.29, 1.82) is 0 Å². The van der Waals surface area contributed by atoms with E-state index in [1.807, 2.05) is 37.3 Å². The van der Waals surface area contributed by atoms with E-state index in [2.05, 4.69) is 15.3 Å². The second-order valence-electron chi connectivity index (χ2n) is 4.24. The molecule has 0 saturated carbocycles. The predicted molar refractivity (Wildman–Crippen MR) is 76.2 cm³/mol. The third kappa shape index (κ3) is 3.00. The van der Waals surface area contributed by atoms with Gasteiger partial charge in [0.05, 0.1) is 11.0 Å². The molecule has 0 saturated heterocycles. The Labute approximate surface area is 116 Å². The Morgan fingerprint density at radius 2 is 2.10 bits per heavy atom. The lowest BCUT2D eigenvalue weighted by molar-refractivity contribution is -0.384. The molecule has 0 aliphatic carbocycles. The molecule has 0 aliphatic rings. The third-order valence-electron chi connectivity index (χ3n) is 2.91. The Balaban J connectivity index is 2.32. The molecule has 7 nitrogen and oxygen atoms in total. The van der Waals surface area contributed by atoms with Crippen molar-refractivity contribution < 1.29 is 4.92 Å². The van der Waals surface area contributed by atoms with Gasteiger partial charge in [0.2, 0.25) is 11.8 Å². The number of nitrogens with one attached hydrogen (secondary N) is 1. The molecule has 1 atom stereocenters. The van der Waals surface area contributed by atoms with Crippen LogP contribution in [0.25, 0.3) is 0 Å². The molecule has 1 aromatic carbocycles. The molecule has 0 radical (unpaired) electrons. The smallest absolute Gasteiger partial charge is 0.329 e. The van der Waals surface area contributed by atoms with Gasteiger partial charge < -0.3 is 11.1 Å². The standard InChI is InChI=1S/C13H15N5O2/c1-2-10(9-6-4-3-5-7-9)16-12-11(18(19)20)8-15-13(14)17-12/h3-8,10H,2H2,1H3,(H3,14,15,16,17). The number of nitrogens with two attached hydrogens (primary N) is 1. The average Bonchev–Trinajstić information content (AvgIpc) is 2.45. The van der Waals surface area contributed by atoms with E-state index in [4.69, 9.17) is 5.73 Å². The molecule has 0 bridgehead atoms. The van der Waals surface area contributed by atoms with Crippen LogP contribution in [-0.2, 0) is 0 Å². The molecule has 20 heavy (non-hydrogen) atoms. The Morgan fingerprint density at radius 3 is 2.70 bits per heavy atom. The molecule has 2 rings (SSSR count). The van der Waals surface area contributed by atoms with Crippen LogP contribution < -0.4 is 11.1 Å². The van der Waals surface area contributed by atoms with Gasteiger partial charge in [-0.25, -0.2) is 4.98 Å². The van der Waals surface area contributed by atoms with Crippen molar-refractivity contribution in [3.05, 3.63) is 52.2 Å². The van der Waals surface area contributed by atoms with Gasteiger partial charge in [-0.2, -0.15) is 4.98 Å². The molecule has 3 N–H and O–H groups in total. The van der Waals surface area contributed by atoms with Crippen LogP contribution in [0.3, 0.4) is 0 Å². The van der Waals surface area contributed by atoms with Crippen molar-refractivity contribution in [2.24, 2.45) is 0 Å². The molecular weight excluding hydrogens is 258 g/mol. The lowest BCUT2D eigenvalue weighted by Gasteiger charge is -2.17. The van der Waals surface area contributed by atoms with Crippen molar-refractivity contribution in [3.63, 3.8) is 0 Å². The summed E-state index contributed by atoms with van der Waals surface area (Å²) < 4.78 is 0. The van der Waals surface area contributed by atoms with Crippen molar-refractivity contribution >= 4 is 17.5 Å². The fourth-order valence-corrected chi connectivity index (χ4v) is 1.90. The van der Waals surface area contributed by atoms with Crippen LogP contribution in [0.15, 0.2) is 36.5 Å². The molecule has 7 heteroatoms. The van der Waals surface area contributed by atoms with Crippen molar-refractivity contribution in [2.75, 3.05) is 11.1 Å². The lowest BCUT2D eigenvalue weighted by Crippen LogP contribution is -2.13. The SMILES string of the molecule is CCC(Nc1nc(N)ncc1[N+](=O)[O-])c1ccccc1. The summed E-state index contributed by atoms with van der Waals surface area (Å²) in [5.41, 5.74) is 6.34. The number of hydrogen-bond acceptors (Lipinski definition) is 6. The molecule has 104 valence electrons. The molecule has 0 fully saturated rings. The summed E-state index contributed by atoms with van der Waals surface area (Å²) in [7, 11) is 0. The number of nitro groups is 1. The van der Waals surface area contributed by atoms with Crippen molar-refractivity contribution in [1.82, 2.24) is 9.97 Å². The molecule has 1 unspecified atom stereocenters. The molecule has 0 spiro atoms. The second-order valence-corrected chi connectivity index (χ2v) is 4.24. The zero-order valence-corrected chi connectivity index (χ0v) is 11.0. The van der Waals surface area contributed by atoms with Gasteiger partial charge in [-0.15, -0.1) is 0 Å². The van der Waals surface area contributed by atoms with Crippen LogP contribution in [0.2, 0.25) is 0 Å². The highest BCUT2D eigenvalue weighted by Gasteiger charge is 2.20. The van der Waals surface area contributed by atoms with Crippen LogP contribution >= 0.6 is 0 Å². The highest BCUT2D eigenvalue weighted by Crippen LogP contribution is 2.27. The van der Waals surface area contributed by atoms with Gasteiger partial charge in [-0.05, 0) is 12.0 Å². The predicted octanol–water partition coefficient (Wildman–Crippen LogP) is 2.53. The maximum absolute atomic E-state index is 11.0. The van der Waals surface area contributed by atoms with Crippen LogP contribution in [0.5, 0.6) is 0 Å². The highest BCUT2D eigenvalue weighted by molar-refractivity contribution is 5.57. The Hall–Kier alpha value is -2.70. The first-order valence-electron chi connectivity index (χ1n) is 6.20. The molecule has 1 heterocycles. The first-order valence-corrected chi connectivity index (χ1v) is 6.20. The second kappa shape index (κ2) is 5.96.